The first-order valence-electron chi connectivity index (χ1n) is 6.56. The topological polar surface area (TPSA) is 37.4 Å². The van der Waals surface area contributed by atoms with Crippen LogP contribution in [0.1, 0.15) is 31.8 Å². The number of carbonyl (C=O) groups excluding carboxylic acids is 2. The van der Waals surface area contributed by atoms with E-state index in [1.54, 1.807) is 19.1 Å². The Hall–Kier alpha value is -2.34. The van der Waals surface area contributed by atoms with E-state index in [1.165, 1.54) is 6.07 Å². The smallest absolute Gasteiger partial charge is 0.268 e. The molecule has 23 heavy (non-hydrogen) atoms. The number of anilines is 1. The molecule has 0 saturated carbocycles. The number of nitrogens with zero attached hydrogens (tertiary/aromatic N) is 1. The number of halogens is 4. The van der Waals surface area contributed by atoms with Gasteiger partial charge in [0.2, 0.25) is 0 Å². The summed E-state index contributed by atoms with van der Waals surface area (Å²) in [6, 6.07) is 7.28. The number of fused-ring (bicyclic) bond motifs is 1. The van der Waals surface area contributed by atoms with Crippen LogP contribution < -0.4 is 4.90 Å². The number of rotatable bonds is 1. The van der Waals surface area contributed by atoms with Crippen LogP contribution in [0, 0.1) is 6.92 Å². The van der Waals surface area contributed by atoms with Gasteiger partial charge in [-0.1, -0.05) is 23.2 Å². The zero-order valence-electron chi connectivity index (χ0n) is 11.7. The second-order valence-corrected chi connectivity index (χ2v) is 5.57. The summed E-state index contributed by atoms with van der Waals surface area (Å²) in [4.78, 5) is 25.6. The fourth-order valence-corrected chi connectivity index (χ4v) is 2.70. The van der Waals surface area contributed by atoms with Crippen LogP contribution in [0.25, 0.3) is 0 Å². The summed E-state index contributed by atoms with van der Waals surface area (Å²) in [7, 11) is 0. The number of hydrogen-bond acceptors (Lipinski definition) is 2. The van der Waals surface area contributed by atoms with E-state index in [0.717, 1.165) is 22.6 Å². The monoisotopic (exact) mass is 339 g/mol. The molecule has 1 aliphatic heterocycles. The minimum atomic E-state index is -4.55. The Labute approximate surface area is 134 Å². The molecule has 0 atom stereocenters. The molecule has 0 unspecified atom stereocenters. The van der Waals surface area contributed by atoms with Crippen LogP contribution in [0.2, 0.25) is 5.02 Å². The van der Waals surface area contributed by atoms with E-state index in [-0.39, 0.29) is 21.8 Å². The number of benzene rings is 2. The van der Waals surface area contributed by atoms with E-state index in [1.807, 2.05) is 0 Å². The Kier molecular flexibility index (Phi) is 3.44. The van der Waals surface area contributed by atoms with Gasteiger partial charge in [-0.15, -0.1) is 0 Å². The lowest BCUT2D eigenvalue weighted by Gasteiger charge is -2.17. The third-order valence-electron chi connectivity index (χ3n) is 3.56. The van der Waals surface area contributed by atoms with Gasteiger partial charge in [0, 0.05) is 0 Å². The predicted octanol–water partition coefficient (Wildman–Crippen LogP) is 4.47. The third kappa shape index (κ3) is 2.49. The van der Waals surface area contributed by atoms with Gasteiger partial charge < -0.3 is 0 Å². The zero-order valence-corrected chi connectivity index (χ0v) is 12.5. The van der Waals surface area contributed by atoms with Crippen LogP contribution in [0.4, 0.5) is 18.9 Å². The van der Waals surface area contributed by atoms with Crippen molar-refractivity contribution in [2.24, 2.45) is 0 Å². The Morgan fingerprint density at radius 1 is 0.957 bits per heavy atom. The summed E-state index contributed by atoms with van der Waals surface area (Å²) < 4.78 is 38.1. The molecule has 0 fully saturated rings. The fraction of sp³-hybridized carbons (Fsp3) is 0.125. The number of alkyl halides is 3. The summed E-state index contributed by atoms with van der Waals surface area (Å²) in [5, 5.41) is -0.314. The number of imide groups is 1. The summed E-state index contributed by atoms with van der Waals surface area (Å²) in [5.74, 6) is -1.21. The van der Waals surface area contributed by atoms with E-state index in [2.05, 4.69) is 0 Å². The van der Waals surface area contributed by atoms with Gasteiger partial charge in [0.1, 0.15) is 0 Å². The van der Waals surface area contributed by atoms with Crippen molar-refractivity contribution in [1.29, 1.82) is 0 Å². The quantitative estimate of drug-likeness (QED) is 0.719. The summed E-state index contributed by atoms with van der Waals surface area (Å²) >= 11 is 5.87. The van der Waals surface area contributed by atoms with E-state index in [4.69, 9.17) is 11.6 Å². The van der Waals surface area contributed by atoms with Gasteiger partial charge >= 0.3 is 6.18 Å². The Bertz CT molecular complexity index is 846. The van der Waals surface area contributed by atoms with Crippen LogP contribution in [0.3, 0.4) is 0 Å². The van der Waals surface area contributed by atoms with E-state index in [9.17, 15) is 22.8 Å². The fourth-order valence-electron chi connectivity index (χ4n) is 2.44. The number of carbonyl (C=O) groups is 2. The number of aryl methyl sites for hydroxylation is 1. The molecule has 0 N–H and O–H groups in total. The molecule has 3 rings (SSSR count). The van der Waals surface area contributed by atoms with Crippen LogP contribution >= 0.6 is 11.6 Å². The number of hydrogen-bond donors (Lipinski definition) is 0. The van der Waals surface area contributed by atoms with Crippen molar-refractivity contribution < 1.29 is 22.8 Å². The maximum absolute atomic E-state index is 12.7. The van der Waals surface area contributed by atoms with Crippen molar-refractivity contribution in [2.75, 3.05) is 4.90 Å². The van der Waals surface area contributed by atoms with Crippen molar-refractivity contribution in [3.05, 3.63) is 63.7 Å². The van der Waals surface area contributed by atoms with Crippen LogP contribution in [0.15, 0.2) is 36.4 Å². The van der Waals surface area contributed by atoms with Gasteiger partial charge in [-0.2, -0.15) is 13.2 Å². The highest BCUT2D eigenvalue weighted by Gasteiger charge is 2.38. The molecule has 3 nitrogen and oxygen atoms in total. The van der Waals surface area contributed by atoms with Crippen LogP contribution in [0.5, 0.6) is 0 Å². The lowest BCUT2D eigenvalue weighted by Crippen LogP contribution is -2.29. The zero-order chi connectivity index (χ0) is 16.9. The molecule has 2 amide bonds. The van der Waals surface area contributed by atoms with E-state index in [0.29, 0.717) is 6.07 Å². The second kappa shape index (κ2) is 5.09. The maximum Gasteiger partial charge on any atom is 0.416 e. The molecule has 0 bridgehead atoms. The average Bonchev–Trinajstić information content (AvgIpc) is 2.70. The molecule has 2 aromatic carbocycles. The lowest BCUT2D eigenvalue weighted by molar-refractivity contribution is -0.137. The molecular weight excluding hydrogens is 331 g/mol. The highest BCUT2D eigenvalue weighted by atomic mass is 35.5. The first-order valence-corrected chi connectivity index (χ1v) is 6.94. The SMILES string of the molecule is Cc1ccc2c(c1)C(=O)N(c1ccc(C(F)(F)F)cc1Cl)C2=O. The Morgan fingerprint density at radius 3 is 2.22 bits per heavy atom. The lowest BCUT2D eigenvalue weighted by atomic mass is 10.1. The minimum absolute atomic E-state index is 0.0662. The largest absolute Gasteiger partial charge is 0.416 e. The molecule has 0 aliphatic carbocycles. The normalized spacial score (nSPS) is 14.4. The molecular formula is C16H9ClF3NO2. The second-order valence-electron chi connectivity index (χ2n) is 5.16. The van der Waals surface area contributed by atoms with Crippen molar-refractivity contribution in [3.63, 3.8) is 0 Å². The highest BCUT2D eigenvalue weighted by Crippen LogP contribution is 2.38. The first kappa shape index (κ1) is 15.6. The predicted molar refractivity (Wildman–Crippen MR) is 78.8 cm³/mol. The van der Waals surface area contributed by atoms with Crippen molar-refractivity contribution in [2.45, 2.75) is 13.1 Å². The van der Waals surface area contributed by atoms with Gasteiger partial charge in [0.05, 0.1) is 27.4 Å². The summed E-state index contributed by atoms with van der Waals surface area (Å²) in [6.07, 6.45) is -4.55. The molecule has 7 heteroatoms. The standard InChI is InChI=1S/C16H9ClF3NO2/c1-8-2-4-10-11(6-8)15(23)21(14(10)22)13-5-3-9(7-12(13)17)16(18,19)20/h2-7H,1H3. The van der Waals surface area contributed by atoms with Crippen molar-refractivity contribution in [3.8, 4) is 0 Å². The first-order chi connectivity index (χ1) is 10.7. The molecule has 1 aliphatic rings. The molecule has 0 spiro atoms. The highest BCUT2D eigenvalue weighted by molar-refractivity contribution is 6.39. The van der Waals surface area contributed by atoms with Gasteiger partial charge in [-0.05, 0) is 37.3 Å². The molecule has 0 aromatic heterocycles. The molecule has 118 valence electrons. The van der Waals surface area contributed by atoms with Crippen molar-refractivity contribution >= 4 is 29.1 Å². The molecule has 1 heterocycles. The molecule has 0 saturated heterocycles. The van der Waals surface area contributed by atoms with Crippen LogP contribution in [-0.4, -0.2) is 11.8 Å². The van der Waals surface area contributed by atoms with Gasteiger partial charge in [-0.25, -0.2) is 4.90 Å². The van der Waals surface area contributed by atoms with Crippen molar-refractivity contribution in [1.82, 2.24) is 0 Å². The molecule has 0 radical (unpaired) electrons. The van der Waals surface area contributed by atoms with Crippen LogP contribution in [-0.2, 0) is 6.18 Å². The van der Waals surface area contributed by atoms with Gasteiger partial charge in [-0.3, -0.25) is 9.59 Å². The van der Waals surface area contributed by atoms with E-state index >= 15 is 0 Å². The minimum Gasteiger partial charge on any atom is -0.268 e. The number of amides is 2. The Balaban J connectivity index is 2.07. The summed E-state index contributed by atoms with van der Waals surface area (Å²) in [5.41, 5.74) is 0.204. The third-order valence-corrected chi connectivity index (χ3v) is 3.86. The van der Waals surface area contributed by atoms with Gasteiger partial charge in [0.15, 0.2) is 0 Å². The molecule has 2 aromatic rings. The summed E-state index contributed by atoms with van der Waals surface area (Å²) in [6.45, 7) is 1.77. The Morgan fingerprint density at radius 2 is 1.61 bits per heavy atom. The van der Waals surface area contributed by atoms with E-state index < -0.39 is 23.6 Å². The average molecular weight is 340 g/mol. The maximum atomic E-state index is 12.7. The van der Waals surface area contributed by atoms with Gasteiger partial charge in [0.25, 0.3) is 11.8 Å².